The van der Waals surface area contributed by atoms with Crippen molar-refractivity contribution < 1.29 is 18.6 Å². The Hall–Kier alpha value is -3.70. The Morgan fingerprint density at radius 2 is 2.00 bits per heavy atom. The van der Waals surface area contributed by atoms with Gasteiger partial charge in [0.15, 0.2) is 17.3 Å². The topological polar surface area (TPSA) is 121 Å². The quantitative estimate of drug-likeness (QED) is 0.406. The van der Waals surface area contributed by atoms with E-state index >= 15 is 0 Å². The second-order valence-electron chi connectivity index (χ2n) is 8.84. The number of fused-ring (bicyclic) bond motifs is 2. The maximum Gasteiger partial charge on any atom is 0.252 e. The van der Waals surface area contributed by atoms with Gasteiger partial charge >= 0.3 is 0 Å². The third-order valence-electron chi connectivity index (χ3n) is 6.32. The van der Waals surface area contributed by atoms with Gasteiger partial charge in [0.25, 0.3) is 5.56 Å². The molecule has 11 heteroatoms. The van der Waals surface area contributed by atoms with E-state index in [1.54, 1.807) is 10.9 Å². The van der Waals surface area contributed by atoms with Crippen molar-refractivity contribution in [2.24, 2.45) is 0 Å². The number of nitrogens with zero attached hydrogens (tertiary/aromatic N) is 5. The lowest BCUT2D eigenvalue weighted by atomic mass is 10.1. The number of nitrogens with one attached hydrogen (secondary N) is 1. The van der Waals surface area contributed by atoms with Crippen LogP contribution in [-0.4, -0.2) is 62.6 Å². The van der Waals surface area contributed by atoms with Crippen molar-refractivity contribution in [2.45, 2.75) is 38.6 Å². The number of rotatable bonds is 8. The van der Waals surface area contributed by atoms with Crippen molar-refractivity contribution in [3.63, 3.8) is 0 Å². The molecule has 1 atom stereocenters. The first-order chi connectivity index (χ1) is 17.2. The molecule has 0 radical (unpaired) electrons. The highest BCUT2D eigenvalue weighted by atomic mass is 16.6. The summed E-state index contributed by atoms with van der Waals surface area (Å²) < 4.78 is 24.4. The summed E-state index contributed by atoms with van der Waals surface area (Å²) in [4.78, 5) is 18.2. The predicted molar refractivity (Wildman–Crippen MR) is 124 cm³/mol. The summed E-state index contributed by atoms with van der Waals surface area (Å²) in [6, 6.07) is 9.38. The Morgan fingerprint density at radius 1 is 1.11 bits per heavy atom. The summed E-state index contributed by atoms with van der Waals surface area (Å²) in [5.41, 5.74) is 1.23. The van der Waals surface area contributed by atoms with Crippen LogP contribution in [0.25, 0.3) is 10.9 Å². The summed E-state index contributed by atoms with van der Waals surface area (Å²) in [6.07, 6.45) is 3.77. The monoisotopic (exact) mass is 478 g/mol. The Kier molecular flexibility index (Phi) is 5.93. The Bertz CT molecular complexity index is 1360. The molecular formula is C24H26N6O5. The van der Waals surface area contributed by atoms with Crippen molar-refractivity contribution in [3.8, 4) is 11.5 Å². The lowest BCUT2D eigenvalue weighted by Crippen LogP contribution is -2.34. The second kappa shape index (κ2) is 9.51. The Morgan fingerprint density at radius 3 is 2.80 bits per heavy atom. The van der Waals surface area contributed by atoms with Gasteiger partial charge in [0, 0.05) is 36.7 Å². The molecule has 1 aromatic carbocycles. The van der Waals surface area contributed by atoms with E-state index in [0.29, 0.717) is 62.3 Å². The zero-order valence-corrected chi connectivity index (χ0v) is 19.2. The van der Waals surface area contributed by atoms with Crippen molar-refractivity contribution in [3.05, 3.63) is 64.1 Å². The number of ether oxygens (including phenoxy) is 3. The van der Waals surface area contributed by atoms with Gasteiger partial charge in [-0.1, -0.05) is 0 Å². The summed E-state index contributed by atoms with van der Waals surface area (Å²) in [7, 11) is 0. The number of aromatic nitrogens is 5. The van der Waals surface area contributed by atoms with Gasteiger partial charge in [-0.05, 0) is 47.5 Å². The van der Waals surface area contributed by atoms with Crippen LogP contribution in [0.5, 0.6) is 11.5 Å². The minimum atomic E-state index is -0.137. The average molecular weight is 479 g/mol. The van der Waals surface area contributed by atoms with Crippen molar-refractivity contribution in [2.75, 3.05) is 26.4 Å². The Labute approximate surface area is 200 Å². The highest BCUT2D eigenvalue weighted by Crippen LogP contribution is 2.33. The predicted octanol–water partition coefficient (Wildman–Crippen LogP) is 2.11. The Balaban J connectivity index is 1.27. The zero-order chi connectivity index (χ0) is 23.6. The minimum Gasteiger partial charge on any atom is -0.486 e. The van der Waals surface area contributed by atoms with Crippen molar-refractivity contribution in [1.29, 1.82) is 0 Å². The van der Waals surface area contributed by atoms with Gasteiger partial charge in [0.05, 0.1) is 24.4 Å². The lowest BCUT2D eigenvalue weighted by Gasteiger charge is -2.24. The molecule has 4 aromatic rings. The highest BCUT2D eigenvalue weighted by Gasteiger charge is 2.23. The van der Waals surface area contributed by atoms with Crippen molar-refractivity contribution in [1.82, 2.24) is 30.1 Å². The fraction of sp³-hybridized carbons (Fsp3) is 0.417. The molecule has 0 spiro atoms. The van der Waals surface area contributed by atoms with E-state index in [2.05, 4.69) is 25.4 Å². The van der Waals surface area contributed by atoms with Gasteiger partial charge < -0.3 is 23.6 Å². The van der Waals surface area contributed by atoms with Gasteiger partial charge in [-0.25, -0.2) is 4.68 Å². The van der Waals surface area contributed by atoms with E-state index in [0.717, 1.165) is 36.1 Å². The van der Waals surface area contributed by atoms with E-state index in [-0.39, 0.29) is 11.7 Å². The van der Waals surface area contributed by atoms with Crippen molar-refractivity contribution >= 4 is 10.9 Å². The number of aromatic amines is 1. The van der Waals surface area contributed by atoms with Gasteiger partial charge in [-0.15, -0.1) is 5.10 Å². The summed E-state index contributed by atoms with van der Waals surface area (Å²) >= 11 is 0. The van der Waals surface area contributed by atoms with E-state index in [4.69, 9.17) is 18.6 Å². The largest absolute Gasteiger partial charge is 0.486 e. The molecule has 1 saturated heterocycles. The van der Waals surface area contributed by atoms with Crippen LogP contribution in [0.2, 0.25) is 0 Å². The summed E-state index contributed by atoms with van der Waals surface area (Å²) in [5.74, 6) is 2.80. The molecule has 1 N–H and O–H groups in total. The molecule has 2 aliphatic rings. The smallest absolute Gasteiger partial charge is 0.252 e. The first kappa shape index (κ1) is 21.8. The average Bonchev–Trinajstić information content (AvgIpc) is 3.63. The molecule has 0 bridgehead atoms. The molecular weight excluding hydrogens is 452 g/mol. The van der Waals surface area contributed by atoms with Gasteiger partial charge in [-0.3, -0.25) is 9.69 Å². The number of furan rings is 1. The molecule has 3 aromatic heterocycles. The van der Waals surface area contributed by atoms with Crippen LogP contribution >= 0.6 is 0 Å². The number of benzene rings is 1. The fourth-order valence-corrected chi connectivity index (χ4v) is 4.62. The zero-order valence-electron chi connectivity index (χ0n) is 19.2. The van der Waals surface area contributed by atoms with E-state index in [9.17, 15) is 4.79 Å². The van der Waals surface area contributed by atoms with Crippen LogP contribution in [0.3, 0.4) is 0 Å². The van der Waals surface area contributed by atoms with Gasteiger partial charge in [0.1, 0.15) is 25.5 Å². The molecule has 1 fully saturated rings. The molecule has 11 nitrogen and oxygen atoms in total. The molecule has 0 aliphatic carbocycles. The maximum atomic E-state index is 13.0. The molecule has 0 saturated carbocycles. The van der Waals surface area contributed by atoms with E-state index in [1.807, 2.05) is 30.3 Å². The highest BCUT2D eigenvalue weighted by molar-refractivity contribution is 5.83. The lowest BCUT2D eigenvalue weighted by molar-refractivity contribution is 0.0663. The third kappa shape index (κ3) is 4.77. The summed E-state index contributed by atoms with van der Waals surface area (Å²) in [6.45, 7) is 3.77. The molecule has 2 aliphatic heterocycles. The molecule has 182 valence electrons. The van der Waals surface area contributed by atoms with E-state index in [1.165, 1.54) is 0 Å². The molecule has 5 heterocycles. The van der Waals surface area contributed by atoms with Crippen LogP contribution in [0.15, 0.2) is 45.8 Å². The van der Waals surface area contributed by atoms with E-state index < -0.39 is 0 Å². The number of tetrazole rings is 1. The van der Waals surface area contributed by atoms with Crippen LogP contribution in [0, 0.1) is 0 Å². The first-order valence-electron chi connectivity index (χ1n) is 11.8. The number of hydrogen-bond acceptors (Lipinski definition) is 9. The van der Waals surface area contributed by atoms with Crippen LogP contribution in [-0.2, 0) is 24.4 Å². The van der Waals surface area contributed by atoms with Gasteiger partial charge in [0.2, 0.25) is 0 Å². The SMILES string of the molecule is O=c1[nH]c2cc3c(cc2cc1CN(Cc1nnnn1Cc1ccco1)C[C@H]1CCCO1)OCCO3. The summed E-state index contributed by atoms with van der Waals surface area (Å²) in [5, 5.41) is 13.1. The molecule has 0 amide bonds. The normalized spacial score (nSPS) is 17.5. The fourth-order valence-electron chi connectivity index (χ4n) is 4.62. The van der Waals surface area contributed by atoms with Crippen LogP contribution in [0.1, 0.15) is 30.0 Å². The number of pyridine rings is 1. The van der Waals surface area contributed by atoms with Crippen LogP contribution in [0.4, 0.5) is 0 Å². The van der Waals surface area contributed by atoms with Crippen LogP contribution < -0.4 is 15.0 Å². The molecule has 0 unspecified atom stereocenters. The molecule has 6 rings (SSSR count). The minimum absolute atomic E-state index is 0.113. The first-order valence-corrected chi connectivity index (χ1v) is 11.8. The number of H-pyrrole nitrogens is 1. The second-order valence-corrected chi connectivity index (χ2v) is 8.84. The maximum absolute atomic E-state index is 13.0. The van der Waals surface area contributed by atoms with Gasteiger partial charge in [-0.2, -0.15) is 0 Å². The number of hydrogen-bond donors (Lipinski definition) is 1. The third-order valence-corrected chi connectivity index (χ3v) is 6.32. The molecule has 35 heavy (non-hydrogen) atoms. The standard InChI is InChI=1S/C24H26N6O5/c31-24-17(9-16-10-21-22(11-20(16)25-24)35-8-7-34-21)12-29(13-18-3-1-5-32-18)15-23-26-27-28-30(23)14-19-4-2-6-33-19/h2,4,6,9-11,18H,1,3,5,7-8,12-15H2,(H,25,31)/t18-/m1/s1.